The van der Waals surface area contributed by atoms with Crippen LogP contribution in [0.5, 0.6) is 0 Å². The molecule has 0 spiro atoms. The highest BCUT2D eigenvalue weighted by Gasteiger charge is 2.22. The number of thioether (sulfide) groups is 1. The average Bonchev–Trinajstić information content (AvgIpc) is 3.08. The first-order chi connectivity index (χ1) is 12.1. The molecule has 4 nitrogen and oxygen atoms in total. The third-order valence-corrected chi connectivity index (χ3v) is 5.32. The topological polar surface area (TPSA) is 50.7 Å². The van der Waals surface area contributed by atoms with E-state index >= 15 is 0 Å². The van der Waals surface area contributed by atoms with Gasteiger partial charge in [-0.05, 0) is 36.8 Å². The zero-order chi connectivity index (χ0) is 17.4. The quantitative estimate of drug-likeness (QED) is 0.698. The maximum absolute atomic E-state index is 14.3. The minimum absolute atomic E-state index is 0.307. The molecule has 4 rings (SSSR count). The first-order valence-electron chi connectivity index (χ1n) is 7.78. The summed E-state index contributed by atoms with van der Waals surface area (Å²) in [5.74, 6) is 1.59. The van der Waals surface area contributed by atoms with Crippen molar-refractivity contribution < 1.29 is 4.39 Å². The number of pyridine rings is 1. The van der Waals surface area contributed by atoms with Gasteiger partial charge in [0.15, 0.2) is 5.82 Å². The minimum atomic E-state index is -0.388. The zero-order valence-corrected chi connectivity index (χ0v) is 15.0. The molecule has 1 aromatic carbocycles. The van der Waals surface area contributed by atoms with Gasteiger partial charge in [0, 0.05) is 35.3 Å². The number of halogens is 2. The van der Waals surface area contributed by atoms with Crippen LogP contribution in [0.1, 0.15) is 11.3 Å². The maximum atomic E-state index is 14.3. The zero-order valence-electron chi connectivity index (χ0n) is 13.4. The largest absolute Gasteiger partial charge is 0.339 e. The Morgan fingerprint density at radius 1 is 1.24 bits per heavy atom. The molecule has 0 bridgehead atoms. The van der Waals surface area contributed by atoms with E-state index in [0.717, 1.165) is 34.0 Å². The second-order valence-electron chi connectivity index (χ2n) is 5.71. The van der Waals surface area contributed by atoms with Crippen molar-refractivity contribution in [2.75, 3.05) is 11.1 Å². The number of anilines is 2. The molecule has 25 heavy (non-hydrogen) atoms. The molecule has 0 fully saturated rings. The van der Waals surface area contributed by atoms with Crippen LogP contribution in [0, 0.1) is 12.7 Å². The highest BCUT2D eigenvalue weighted by Crippen LogP contribution is 2.38. The summed E-state index contributed by atoms with van der Waals surface area (Å²) in [5, 5.41) is 3.80. The van der Waals surface area contributed by atoms with Crippen LogP contribution in [0.2, 0.25) is 5.02 Å². The summed E-state index contributed by atoms with van der Waals surface area (Å²) in [5.41, 5.74) is 3.17. The number of fused-ring (bicyclic) bond motifs is 1. The highest BCUT2D eigenvalue weighted by atomic mass is 35.5. The molecule has 3 heterocycles. The number of benzene rings is 1. The Morgan fingerprint density at radius 3 is 2.96 bits per heavy atom. The van der Waals surface area contributed by atoms with Crippen LogP contribution in [0.3, 0.4) is 0 Å². The number of nitrogens with zero attached hydrogens (tertiary/aromatic N) is 3. The Balaban J connectivity index is 1.83. The number of hydrogen-bond donors (Lipinski definition) is 1. The lowest BCUT2D eigenvalue weighted by atomic mass is 10.2. The van der Waals surface area contributed by atoms with Crippen LogP contribution in [-0.4, -0.2) is 20.7 Å². The lowest BCUT2D eigenvalue weighted by Crippen LogP contribution is -2.04. The summed E-state index contributed by atoms with van der Waals surface area (Å²) in [4.78, 5) is 14.3. The molecule has 3 aromatic rings. The second-order valence-corrected chi connectivity index (χ2v) is 7.25. The molecule has 0 amide bonds. The summed E-state index contributed by atoms with van der Waals surface area (Å²) in [6.45, 7) is 1.97. The molecule has 1 N–H and O–H groups in total. The lowest BCUT2D eigenvalue weighted by molar-refractivity contribution is 0.630. The standard InChI is InChI=1S/C18H14ClFN4S/c1-10-9-21-6-4-14(10)22-18-16-15(5-7-25-16)23-17(24-18)12-8-11(19)2-3-13(12)20/h2-4,6,8-9H,5,7H2,1H3,(H,21,22,23,24). The number of rotatable bonds is 3. The van der Waals surface area contributed by atoms with Crippen molar-refractivity contribution in [3.8, 4) is 11.4 Å². The van der Waals surface area contributed by atoms with Crippen molar-refractivity contribution in [2.24, 2.45) is 0 Å². The fraction of sp³-hybridized carbons (Fsp3) is 0.167. The molecule has 0 radical (unpaired) electrons. The molecule has 0 unspecified atom stereocenters. The van der Waals surface area contributed by atoms with Gasteiger partial charge in [0.1, 0.15) is 11.6 Å². The van der Waals surface area contributed by atoms with Crippen LogP contribution in [0.4, 0.5) is 15.9 Å². The van der Waals surface area contributed by atoms with E-state index in [1.807, 2.05) is 13.0 Å². The maximum Gasteiger partial charge on any atom is 0.164 e. The smallest absolute Gasteiger partial charge is 0.164 e. The molecule has 0 saturated carbocycles. The summed E-state index contributed by atoms with van der Waals surface area (Å²) < 4.78 is 14.3. The van der Waals surface area contributed by atoms with Gasteiger partial charge in [0.05, 0.1) is 16.2 Å². The number of hydrogen-bond acceptors (Lipinski definition) is 5. The van der Waals surface area contributed by atoms with Crippen LogP contribution in [0.25, 0.3) is 11.4 Å². The van der Waals surface area contributed by atoms with Crippen LogP contribution in [0.15, 0.2) is 41.6 Å². The van der Waals surface area contributed by atoms with E-state index in [1.54, 1.807) is 30.2 Å². The van der Waals surface area contributed by atoms with Gasteiger partial charge < -0.3 is 5.32 Å². The van der Waals surface area contributed by atoms with Gasteiger partial charge in [-0.25, -0.2) is 14.4 Å². The van der Waals surface area contributed by atoms with E-state index in [-0.39, 0.29) is 5.82 Å². The van der Waals surface area contributed by atoms with Crippen molar-refractivity contribution in [3.05, 3.63) is 58.8 Å². The fourth-order valence-corrected chi connectivity index (χ4v) is 3.90. The highest BCUT2D eigenvalue weighted by molar-refractivity contribution is 7.99. The number of aromatic nitrogens is 3. The molecular formula is C18H14ClFN4S. The summed E-state index contributed by atoms with van der Waals surface area (Å²) in [7, 11) is 0. The van der Waals surface area contributed by atoms with E-state index in [1.165, 1.54) is 12.1 Å². The monoisotopic (exact) mass is 372 g/mol. The summed E-state index contributed by atoms with van der Waals surface area (Å²) >= 11 is 7.73. The average molecular weight is 373 g/mol. The fourth-order valence-electron chi connectivity index (χ4n) is 2.68. The van der Waals surface area contributed by atoms with Crippen molar-refractivity contribution in [1.82, 2.24) is 15.0 Å². The van der Waals surface area contributed by atoms with Crippen LogP contribution < -0.4 is 5.32 Å². The molecule has 0 atom stereocenters. The molecule has 126 valence electrons. The van der Waals surface area contributed by atoms with Crippen LogP contribution in [-0.2, 0) is 6.42 Å². The van der Waals surface area contributed by atoms with Gasteiger partial charge in [-0.1, -0.05) is 11.6 Å². The van der Waals surface area contributed by atoms with Gasteiger partial charge in [-0.15, -0.1) is 11.8 Å². The van der Waals surface area contributed by atoms with E-state index in [4.69, 9.17) is 11.6 Å². The van der Waals surface area contributed by atoms with E-state index in [2.05, 4.69) is 20.3 Å². The van der Waals surface area contributed by atoms with E-state index in [0.29, 0.717) is 22.2 Å². The second kappa shape index (κ2) is 6.61. The molecule has 0 aliphatic carbocycles. The van der Waals surface area contributed by atoms with Crippen molar-refractivity contribution in [3.63, 3.8) is 0 Å². The Morgan fingerprint density at radius 2 is 2.12 bits per heavy atom. The predicted molar refractivity (Wildman–Crippen MR) is 99.1 cm³/mol. The molecular weight excluding hydrogens is 359 g/mol. The predicted octanol–water partition coefficient (Wildman–Crippen LogP) is 5.03. The number of nitrogens with one attached hydrogen (secondary N) is 1. The number of aryl methyl sites for hydroxylation is 2. The first kappa shape index (κ1) is 16.3. The third kappa shape index (κ3) is 3.19. The van der Waals surface area contributed by atoms with Crippen molar-refractivity contribution in [2.45, 2.75) is 18.2 Å². The van der Waals surface area contributed by atoms with Crippen molar-refractivity contribution >= 4 is 34.9 Å². The van der Waals surface area contributed by atoms with Gasteiger partial charge in [-0.2, -0.15) is 0 Å². The van der Waals surface area contributed by atoms with Crippen molar-refractivity contribution in [1.29, 1.82) is 0 Å². The Labute approximate surface area is 153 Å². The van der Waals surface area contributed by atoms with Gasteiger partial charge in [-0.3, -0.25) is 4.98 Å². The molecule has 0 saturated heterocycles. The Bertz CT molecular complexity index is 964. The molecule has 7 heteroatoms. The SMILES string of the molecule is Cc1cnccc1Nc1nc(-c2cc(Cl)ccc2F)nc2c1SCC2. The van der Waals surface area contributed by atoms with Crippen LogP contribution >= 0.6 is 23.4 Å². The molecule has 1 aliphatic heterocycles. The summed E-state index contributed by atoms with van der Waals surface area (Å²) in [6.07, 6.45) is 4.34. The van der Waals surface area contributed by atoms with E-state index < -0.39 is 0 Å². The lowest BCUT2D eigenvalue weighted by Gasteiger charge is -2.13. The first-order valence-corrected chi connectivity index (χ1v) is 9.15. The van der Waals surface area contributed by atoms with E-state index in [9.17, 15) is 4.39 Å². The Kier molecular flexibility index (Phi) is 4.31. The van der Waals surface area contributed by atoms with Gasteiger partial charge in [0.2, 0.25) is 0 Å². The Hall–Kier alpha value is -2.18. The van der Waals surface area contributed by atoms with Gasteiger partial charge in [0.25, 0.3) is 0 Å². The summed E-state index contributed by atoms with van der Waals surface area (Å²) in [6, 6.07) is 6.30. The minimum Gasteiger partial charge on any atom is -0.339 e. The third-order valence-electron chi connectivity index (χ3n) is 3.96. The normalized spacial score (nSPS) is 12.9. The molecule has 2 aromatic heterocycles. The molecule has 1 aliphatic rings. The van der Waals surface area contributed by atoms with Gasteiger partial charge >= 0.3 is 0 Å².